The van der Waals surface area contributed by atoms with E-state index in [1.165, 1.54) is 6.92 Å². The minimum atomic E-state index is -0.573. The van der Waals surface area contributed by atoms with E-state index in [2.05, 4.69) is 13.8 Å². The van der Waals surface area contributed by atoms with Crippen molar-refractivity contribution in [1.82, 2.24) is 0 Å². The van der Waals surface area contributed by atoms with Crippen molar-refractivity contribution in [1.29, 1.82) is 0 Å². The molecule has 0 aliphatic heterocycles. The third-order valence-electron chi connectivity index (χ3n) is 4.64. The summed E-state index contributed by atoms with van der Waals surface area (Å²) >= 11 is 0. The van der Waals surface area contributed by atoms with Gasteiger partial charge in [0, 0.05) is 5.56 Å². The molecule has 2 rings (SSSR count). The Hall–Kier alpha value is -2.82. The van der Waals surface area contributed by atoms with Crippen LogP contribution in [0.3, 0.4) is 0 Å². The standard InChI is InChI=1S/C22H26O5/c1-6-15(7-2)21-19(25-4)12-16(13-20(21)26-5)22(24)27-18-11-9-8-10-17(18)14(3)23/h8-13,15H,6-7H2,1-5H3. The van der Waals surface area contributed by atoms with Crippen molar-refractivity contribution < 1.29 is 23.8 Å². The zero-order chi connectivity index (χ0) is 20.0. The highest BCUT2D eigenvalue weighted by Crippen LogP contribution is 2.40. The highest BCUT2D eigenvalue weighted by Gasteiger charge is 2.23. The Morgan fingerprint density at radius 2 is 1.48 bits per heavy atom. The third-order valence-corrected chi connectivity index (χ3v) is 4.64. The number of rotatable bonds is 8. The summed E-state index contributed by atoms with van der Waals surface area (Å²) in [7, 11) is 3.14. The number of ketones is 1. The van der Waals surface area contributed by atoms with Crippen LogP contribution in [0.2, 0.25) is 0 Å². The molecule has 0 saturated carbocycles. The average molecular weight is 370 g/mol. The van der Waals surface area contributed by atoms with Crippen molar-refractivity contribution in [3.8, 4) is 17.2 Å². The van der Waals surface area contributed by atoms with E-state index in [4.69, 9.17) is 14.2 Å². The first-order chi connectivity index (χ1) is 13.0. The highest BCUT2D eigenvalue weighted by atomic mass is 16.5. The van der Waals surface area contributed by atoms with Crippen molar-refractivity contribution in [2.45, 2.75) is 39.5 Å². The lowest BCUT2D eigenvalue weighted by atomic mass is 9.91. The molecule has 2 aromatic carbocycles. The first kappa shape index (κ1) is 20.5. The summed E-state index contributed by atoms with van der Waals surface area (Å²) in [6, 6.07) is 9.99. The Morgan fingerprint density at radius 1 is 0.926 bits per heavy atom. The topological polar surface area (TPSA) is 61.8 Å². The summed E-state index contributed by atoms with van der Waals surface area (Å²) in [5.41, 5.74) is 1.61. The van der Waals surface area contributed by atoms with Crippen molar-refractivity contribution >= 4 is 11.8 Å². The number of hydrogen-bond acceptors (Lipinski definition) is 5. The second-order valence-electron chi connectivity index (χ2n) is 6.25. The molecule has 0 radical (unpaired) electrons. The SMILES string of the molecule is CCC(CC)c1c(OC)cc(C(=O)Oc2ccccc2C(C)=O)cc1OC. The second-order valence-corrected chi connectivity index (χ2v) is 6.25. The molecule has 0 aliphatic carbocycles. The molecule has 144 valence electrons. The van der Waals surface area contributed by atoms with Crippen molar-refractivity contribution in [3.63, 3.8) is 0 Å². The largest absolute Gasteiger partial charge is 0.496 e. The molecule has 0 atom stereocenters. The molecule has 0 fully saturated rings. The zero-order valence-electron chi connectivity index (χ0n) is 16.5. The van der Waals surface area contributed by atoms with Crippen LogP contribution < -0.4 is 14.2 Å². The minimum Gasteiger partial charge on any atom is -0.496 e. The monoisotopic (exact) mass is 370 g/mol. The zero-order valence-corrected chi connectivity index (χ0v) is 16.5. The molecule has 0 amide bonds. The van der Waals surface area contributed by atoms with Gasteiger partial charge in [0.25, 0.3) is 0 Å². The fourth-order valence-corrected chi connectivity index (χ4v) is 3.16. The van der Waals surface area contributed by atoms with Crippen LogP contribution in [0.1, 0.15) is 65.8 Å². The van der Waals surface area contributed by atoms with Gasteiger partial charge in [0.15, 0.2) is 5.78 Å². The summed E-state index contributed by atoms with van der Waals surface area (Å²) in [6.07, 6.45) is 1.86. The molecule has 2 aromatic rings. The predicted octanol–water partition coefficient (Wildman–Crippen LogP) is 5.03. The maximum atomic E-state index is 12.7. The first-order valence-corrected chi connectivity index (χ1v) is 9.04. The molecular formula is C22H26O5. The Morgan fingerprint density at radius 3 is 1.96 bits per heavy atom. The van der Waals surface area contributed by atoms with Gasteiger partial charge in [-0.25, -0.2) is 4.79 Å². The van der Waals surface area contributed by atoms with Crippen molar-refractivity contribution in [3.05, 3.63) is 53.1 Å². The Bertz CT molecular complexity index is 796. The summed E-state index contributed by atoms with van der Waals surface area (Å²) in [4.78, 5) is 24.4. The van der Waals surface area contributed by atoms with Crippen LogP contribution >= 0.6 is 0 Å². The lowest BCUT2D eigenvalue weighted by Gasteiger charge is -2.21. The van der Waals surface area contributed by atoms with E-state index in [0.29, 0.717) is 22.6 Å². The van der Waals surface area contributed by atoms with E-state index in [0.717, 1.165) is 18.4 Å². The second kappa shape index (κ2) is 9.21. The maximum absolute atomic E-state index is 12.7. The third kappa shape index (κ3) is 4.48. The molecule has 0 aromatic heterocycles. The van der Waals surface area contributed by atoms with E-state index >= 15 is 0 Å². The van der Waals surface area contributed by atoms with Crippen LogP contribution in [0.5, 0.6) is 17.2 Å². The van der Waals surface area contributed by atoms with E-state index in [-0.39, 0.29) is 17.5 Å². The minimum absolute atomic E-state index is 0.169. The van der Waals surface area contributed by atoms with Gasteiger partial charge in [-0.05, 0) is 49.9 Å². The maximum Gasteiger partial charge on any atom is 0.343 e. The van der Waals surface area contributed by atoms with Crippen LogP contribution in [0.15, 0.2) is 36.4 Å². The van der Waals surface area contributed by atoms with Gasteiger partial charge < -0.3 is 14.2 Å². The molecular weight excluding hydrogens is 344 g/mol. The van der Waals surface area contributed by atoms with Gasteiger partial charge in [-0.2, -0.15) is 0 Å². The first-order valence-electron chi connectivity index (χ1n) is 9.04. The summed E-state index contributed by atoms with van der Waals surface area (Å²) in [6.45, 7) is 5.64. The molecule has 5 nitrogen and oxygen atoms in total. The van der Waals surface area contributed by atoms with Gasteiger partial charge in [0.05, 0.1) is 25.3 Å². The molecule has 0 N–H and O–H groups in total. The molecule has 27 heavy (non-hydrogen) atoms. The fraction of sp³-hybridized carbons (Fsp3) is 0.364. The van der Waals surface area contributed by atoms with E-state index < -0.39 is 5.97 Å². The molecule has 5 heteroatoms. The van der Waals surface area contributed by atoms with Gasteiger partial charge in [0.1, 0.15) is 17.2 Å². The van der Waals surface area contributed by atoms with Gasteiger partial charge >= 0.3 is 5.97 Å². The number of ether oxygens (including phenoxy) is 3. The fourth-order valence-electron chi connectivity index (χ4n) is 3.16. The smallest absolute Gasteiger partial charge is 0.343 e. The van der Waals surface area contributed by atoms with Gasteiger partial charge in [-0.1, -0.05) is 26.0 Å². The number of esters is 1. The van der Waals surface area contributed by atoms with Gasteiger partial charge in [-0.15, -0.1) is 0 Å². The molecule has 0 spiro atoms. The van der Waals surface area contributed by atoms with Crippen molar-refractivity contribution in [2.24, 2.45) is 0 Å². The summed E-state index contributed by atoms with van der Waals surface area (Å²) in [5, 5.41) is 0. The quantitative estimate of drug-likeness (QED) is 0.370. The van der Waals surface area contributed by atoms with Gasteiger partial charge in [0.2, 0.25) is 0 Å². The molecule has 0 saturated heterocycles. The molecule has 0 heterocycles. The Labute approximate surface area is 160 Å². The summed E-state index contributed by atoms with van der Waals surface area (Å²) in [5.74, 6) is 0.939. The Balaban J connectivity index is 2.44. The number of carbonyl (C=O) groups excluding carboxylic acids is 2. The number of carbonyl (C=O) groups is 2. The number of benzene rings is 2. The summed E-state index contributed by atoms with van der Waals surface area (Å²) < 4.78 is 16.5. The van der Waals surface area contributed by atoms with Crippen LogP contribution in [0.4, 0.5) is 0 Å². The molecule has 0 aliphatic rings. The van der Waals surface area contributed by atoms with Crippen LogP contribution in [0, 0.1) is 0 Å². The molecule has 0 unspecified atom stereocenters. The van der Waals surface area contributed by atoms with E-state index in [1.54, 1.807) is 50.6 Å². The van der Waals surface area contributed by atoms with E-state index in [1.807, 2.05) is 0 Å². The average Bonchev–Trinajstić information content (AvgIpc) is 2.68. The number of Topliss-reactive ketones (excluding diaryl/α,β-unsaturated/α-hetero) is 1. The van der Waals surface area contributed by atoms with Crippen LogP contribution in [0.25, 0.3) is 0 Å². The normalized spacial score (nSPS) is 10.6. The van der Waals surface area contributed by atoms with Crippen molar-refractivity contribution in [2.75, 3.05) is 14.2 Å². The van der Waals surface area contributed by atoms with Crippen LogP contribution in [-0.4, -0.2) is 26.0 Å². The number of para-hydroxylation sites is 1. The Kier molecular flexibility index (Phi) is 6.99. The lowest BCUT2D eigenvalue weighted by Crippen LogP contribution is -2.12. The highest BCUT2D eigenvalue weighted by molar-refractivity contribution is 5.99. The van der Waals surface area contributed by atoms with E-state index in [9.17, 15) is 9.59 Å². The number of hydrogen-bond donors (Lipinski definition) is 0. The lowest BCUT2D eigenvalue weighted by molar-refractivity contribution is 0.0732. The number of methoxy groups -OCH3 is 2. The van der Waals surface area contributed by atoms with Gasteiger partial charge in [-0.3, -0.25) is 4.79 Å². The van der Waals surface area contributed by atoms with Crippen LogP contribution in [-0.2, 0) is 0 Å². The predicted molar refractivity (Wildman–Crippen MR) is 104 cm³/mol. The molecule has 0 bridgehead atoms.